The van der Waals surface area contributed by atoms with Crippen LogP contribution in [0.25, 0.3) is 39.0 Å². The van der Waals surface area contributed by atoms with Gasteiger partial charge in [-0.1, -0.05) is 48.0 Å². The summed E-state index contributed by atoms with van der Waals surface area (Å²) in [4.78, 5) is 33.0. The Morgan fingerprint density at radius 3 is 2.48 bits per heavy atom. The van der Waals surface area contributed by atoms with Gasteiger partial charge in [0.2, 0.25) is 5.88 Å². The Kier molecular flexibility index (Phi) is 4.80. The minimum Gasteiger partial charge on any atom is -0.437 e. The van der Waals surface area contributed by atoms with Gasteiger partial charge in [-0.3, -0.25) is 0 Å². The molecule has 0 saturated carbocycles. The van der Waals surface area contributed by atoms with Gasteiger partial charge >= 0.3 is 5.63 Å². The third-order valence-electron chi connectivity index (χ3n) is 7.13. The van der Waals surface area contributed by atoms with Gasteiger partial charge in [0.05, 0.1) is 49.9 Å². The molecule has 10 heteroatoms. The molecule has 0 saturated heterocycles. The molecule has 0 N–H and O–H groups in total. The third kappa shape index (κ3) is 3.28. The molecule has 7 aromatic rings. The van der Waals surface area contributed by atoms with E-state index in [0.717, 1.165) is 5.52 Å². The normalized spacial score (nSPS) is 14.3. The number of nitrogens with zero attached hydrogens (tertiary/aromatic N) is 6. The molecule has 40 heavy (non-hydrogen) atoms. The van der Waals surface area contributed by atoms with Crippen molar-refractivity contribution in [3.8, 4) is 23.0 Å². The molecule has 4 aromatic heterocycles. The van der Waals surface area contributed by atoms with Crippen molar-refractivity contribution in [3.05, 3.63) is 117 Å². The van der Waals surface area contributed by atoms with Gasteiger partial charge in [-0.05, 0) is 43.3 Å². The predicted octanol–water partition coefficient (Wildman–Crippen LogP) is 6.09. The molecule has 3 aromatic carbocycles. The highest BCUT2D eigenvalue weighted by atomic mass is 35.5. The SMILES string of the molecule is Cc1nc2ccccc2nc1C1c2c(c3ccccc3oc2=O)Oc2ncn3nc(-c4ccccc4Cl)nc3c21. The van der Waals surface area contributed by atoms with Gasteiger partial charge in [0.15, 0.2) is 17.2 Å². The standard InChI is InChI=1S/C30H17ClN6O3/c1-15-25(34-20-12-6-5-11-19(20)33-15)22-23-26(17-9-3-7-13-21(17)39-30(23)38)40-29-24(22)28-35-27(36-37(28)14-32-29)16-8-2-4-10-18(16)31/h2-14,22H,1H3. The van der Waals surface area contributed by atoms with Crippen LogP contribution in [0.3, 0.4) is 0 Å². The lowest BCUT2D eigenvalue weighted by molar-refractivity contribution is 0.421. The molecule has 1 unspecified atom stereocenters. The van der Waals surface area contributed by atoms with Crippen LogP contribution in [-0.2, 0) is 0 Å². The number of para-hydroxylation sites is 3. The highest BCUT2D eigenvalue weighted by molar-refractivity contribution is 6.33. The zero-order valence-corrected chi connectivity index (χ0v) is 21.6. The first kappa shape index (κ1) is 22.8. The van der Waals surface area contributed by atoms with Gasteiger partial charge in [0.1, 0.15) is 11.9 Å². The highest BCUT2D eigenvalue weighted by Gasteiger charge is 2.39. The predicted molar refractivity (Wildman–Crippen MR) is 149 cm³/mol. The zero-order chi connectivity index (χ0) is 27.0. The molecule has 8 rings (SSSR count). The molecule has 0 bridgehead atoms. The fraction of sp³-hybridized carbons (Fsp3) is 0.0667. The van der Waals surface area contributed by atoms with E-state index in [9.17, 15) is 4.79 Å². The van der Waals surface area contributed by atoms with E-state index in [1.165, 1.54) is 6.33 Å². The minimum atomic E-state index is -0.740. The number of hydrogen-bond donors (Lipinski definition) is 0. The molecule has 0 amide bonds. The Morgan fingerprint density at radius 2 is 1.62 bits per heavy atom. The van der Waals surface area contributed by atoms with Gasteiger partial charge in [-0.25, -0.2) is 29.2 Å². The summed E-state index contributed by atoms with van der Waals surface area (Å²) in [7, 11) is 0. The first-order chi connectivity index (χ1) is 19.6. The smallest absolute Gasteiger partial charge is 0.344 e. The molecular formula is C30H17ClN6O3. The van der Waals surface area contributed by atoms with Crippen LogP contribution in [0.2, 0.25) is 5.02 Å². The average molecular weight is 545 g/mol. The molecule has 0 spiro atoms. The second-order valence-electron chi connectivity index (χ2n) is 9.49. The highest BCUT2D eigenvalue weighted by Crippen LogP contribution is 2.49. The number of fused-ring (bicyclic) bond motifs is 7. The number of rotatable bonds is 2. The van der Waals surface area contributed by atoms with E-state index < -0.39 is 11.5 Å². The summed E-state index contributed by atoms with van der Waals surface area (Å²) in [5, 5.41) is 5.81. The lowest BCUT2D eigenvalue weighted by Crippen LogP contribution is -2.24. The summed E-state index contributed by atoms with van der Waals surface area (Å²) in [5.74, 6) is 0.350. The fourth-order valence-corrected chi connectivity index (χ4v) is 5.56. The number of ether oxygens (including phenoxy) is 1. The molecular weight excluding hydrogens is 528 g/mol. The van der Waals surface area contributed by atoms with E-state index in [-0.39, 0.29) is 0 Å². The molecule has 0 fully saturated rings. The maximum atomic E-state index is 13.7. The van der Waals surface area contributed by atoms with E-state index in [1.54, 1.807) is 22.7 Å². The molecule has 192 valence electrons. The van der Waals surface area contributed by atoms with E-state index >= 15 is 0 Å². The molecule has 5 heterocycles. The van der Waals surface area contributed by atoms with Gasteiger partial charge in [0, 0.05) is 5.56 Å². The van der Waals surface area contributed by atoms with Crippen molar-refractivity contribution in [2.75, 3.05) is 0 Å². The number of hydrogen-bond acceptors (Lipinski definition) is 8. The van der Waals surface area contributed by atoms with Crippen molar-refractivity contribution in [1.82, 2.24) is 29.5 Å². The van der Waals surface area contributed by atoms with Crippen LogP contribution < -0.4 is 10.4 Å². The molecule has 1 aliphatic heterocycles. The maximum absolute atomic E-state index is 13.7. The summed E-state index contributed by atoms with van der Waals surface area (Å²) in [6.07, 6.45) is 1.54. The largest absolute Gasteiger partial charge is 0.437 e. The molecule has 9 nitrogen and oxygen atoms in total. The van der Waals surface area contributed by atoms with Gasteiger partial charge in [0.25, 0.3) is 0 Å². The Bertz CT molecular complexity index is 2220. The fourth-order valence-electron chi connectivity index (χ4n) is 5.33. The van der Waals surface area contributed by atoms with Gasteiger partial charge in [-0.15, -0.1) is 5.10 Å². The van der Waals surface area contributed by atoms with Crippen molar-refractivity contribution >= 4 is 39.3 Å². The maximum Gasteiger partial charge on any atom is 0.344 e. The lowest BCUT2D eigenvalue weighted by atomic mass is 9.86. The number of halogens is 1. The minimum absolute atomic E-state index is 0.299. The van der Waals surface area contributed by atoms with Crippen LogP contribution in [0.15, 0.2) is 88.3 Å². The van der Waals surface area contributed by atoms with Crippen LogP contribution in [0, 0.1) is 6.92 Å². The quantitative estimate of drug-likeness (QED) is 0.241. The van der Waals surface area contributed by atoms with Crippen molar-refractivity contribution in [2.24, 2.45) is 0 Å². The second-order valence-corrected chi connectivity index (χ2v) is 9.90. The summed E-state index contributed by atoms with van der Waals surface area (Å²) >= 11 is 6.47. The monoisotopic (exact) mass is 544 g/mol. The van der Waals surface area contributed by atoms with E-state index in [0.29, 0.717) is 72.7 Å². The second kappa shape index (κ2) is 8.42. The van der Waals surface area contributed by atoms with Crippen LogP contribution in [-0.4, -0.2) is 29.5 Å². The Balaban J connectivity index is 1.48. The van der Waals surface area contributed by atoms with E-state index in [1.807, 2.05) is 61.5 Å². The van der Waals surface area contributed by atoms with Crippen molar-refractivity contribution in [1.29, 1.82) is 0 Å². The van der Waals surface area contributed by atoms with Gasteiger partial charge in [-0.2, -0.15) is 0 Å². The number of benzene rings is 3. The summed E-state index contributed by atoms with van der Waals surface area (Å²) in [6.45, 7) is 1.87. The summed E-state index contributed by atoms with van der Waals surface area (Å²) in [5.41, 5.74) is 4.52. The molecule has 0 radical (unpaired) electrons. The molecule has 1 aliphatic rings. The first-order valence-corrected chi connectivity index (χ1v) is 12.9. The van der Waals surface area contributed by atoms with Crippen LogP contribution in [0.4, 0.5) is 0 Å². The topological polar surface area (TPSA) is 108 Å². The van der Waals surface area contributed by atoms with Crippen molar-refractivity contribution < 1.29 is 9.15 Å². The number of aryl methyl sites for hydroxylation is 1. The Labute approximate surface area is 230 Å². The Hall–Kier alpha value is -5.15. The van der Waals surface area contributed by atoms with Crippen LogP contribution in [0.5, 0.6) is 11.6 Å². The molecule has 1 atom stereocenters. The zero-order valence-electron chi connectivity index (χ0n) is 20.9. The van der Waals surface area contributed by atoms with Crippen LogP contribution >= 0.6 is 11.6 Å². The number of aromatic nitrogens is 6. The van der Waals surface area contributed by atoms with E-state index in [2.05, 4.69) is 10.1 Å². The lowest BCUT2D eigenvalue weighted by Gasteiger charge is -2.27. The average Bonchev–Trinajstić information content (AvgIpc) is 3.40. The van der Waals surface area contributed by atoms with Crippen molar-refractivity contribution in [3.63, 3.8) is 0 Å². The summed E-state index contributed by atoms with van der Waals surface area (Å²) < 4.78 is 13.7. The van der Waals surface area contributed by atoms with Crippen LogP contribution in [0.1, 0.15) is 28.4 Å². The first-order valence-electron chi connectivity index (χ1n) is 12.5. The molecule has 0 aliphatic carbocycles. The summed E-state index contributed by atoms with van der Waals surface area (Å²) in [6, 6.07) is 22.2. The Morgan fingerprint density at radius 1 is 0.875 bits per heavy atom. The third-order valence-corrected chi connectivity index (χ3v) is 7.46. The van der Waals surface area contributed by atoms with E-state index in [4.69, 9.17) is 35.7 Å². The van der Waals surface area contributed by atoms with Gasteiger partial charge < -0.3 is 9.15 Å². The van der Waals surface area contributed by atoms with Crippen molar-refractivity contribution in [2.45, 2.75) is 12.8 Å².